The molecule has 3 heteroatoms. The van der Waals surface area contributed by atoms with Gasteiger partial charge < -0.3 is 16.1 Å². The van der Waals surface area contributed by atoms with Gasteiger partial charge in [-0.1, -0.05) is 99.0 Å². The number of unbranched alkanes of at least 4 members (excludes halogenated alkanes) is 2. The maximum atomic E-state index is 6.94. The van der Waals surface area contributed by atoms with Gasteiger partial charge in [-0.15, -0.1) is 0 Å². The summed E-state index contributed by atoms with van der Waals surface area (Å²) >= 11 is 0. The molecular formula is C28H31LiO2. The summed E-state index contributed by atoms with van der Waals surface area (Å²) in [5.74, 6) is 0.818. The summed E-state index contributed by atoms with van der Waals surface area (Å²) in [6.07, 6.45) is 5.83. The van der Waals surface area contributed by atoms with Gasteiger partial charge in [0.15, 0.2) is 0 Å². The van der Waals surface area contributed by atoms with Crippen LogP contribution in [0.5, 0.6) is 5.75 Å². The number of hydrogen-bond donors (Lipinski definition) is 0. The minimum absolute atomic E-state index is 0. The molecule has 3 rings (SSSR count). The van der Waals surface area contributed by atoms with E-state index in [9.17, 15) is 0 Å². The summed E-state index contributed by atoms with van der Waals surface area (Å²) in [7, 11) is 1.68. The molecule has 2 nitrogen and oxygen atoms in total. The zero-order chi connectivity index (χ0) is 21.2. The van der Waals surface area contributed by atoms with Gasteiger partial charge in [0.2, 0.25) is 0 Å². The zero-order valence-corrected chi connectivity index (χ0v) is 19.0. The maximum Gasteiger partial charge on any atom is 1.00 e. The van der Waals surface area contributed by atoms with Crippen molar-refractivity contribution in [3.63, 3.8) is 0 Å². The van der Waals surface area contributed by atoms with Crippen LogP contribution in [0.2, 0.25) is 0 Å². The molecule has 0 amide bonds. The molecule has 1 atom stereocenters. The smallest absolute Gasteiger partial charge is 0.515 e. The van der Waals surface area contributed by atoms with Gasteiger partial charge >= 0.3 is 18.9 Å². The molecule has 156 valence electrons. The molecule has 1 unspecified atom stereocenters. The molecular weight excluding hydrogens is 375 g/mol. The third kappa shape index (κ3) is 5.92. The van der Waals surface area contributed by atoms with Gasteiger partial charge in [-0.2, -0.15) is 0 Å². The van der Waals surface area contributed by atoms with Crippen molar-refractivity contribution in [2.75, 3.05) is 7.11 Å². The predicted octanol–water partition coefficient (Wildman–Crippen LogP) is 3.95. The molecule has 0 heterocycles. The van der Waals surface area contributed by atoms with Gasteiger partial charge in [-0.3, -0.25) is 0 Å². The Bertz CT molecular complexity index is 852. The molecule has 0 fully saturated rings. The van der Waals surface area contributed by atoms with E-state index in [0.717, 1.165) is 41.7 Å². The number of hydrogen-bond acceptors (Lipinski definition) is 2. The molecule has 0 bridgehead atoms. The van der Waals surface area contributed by atoms with Gasteiger partial charge in [0.25, 0.3) is 0 Å². The van der Waals surface area contributed by atoms with E-state index < -0.39 is 5.60 Å². The third-order valence-corrected chi connectivity index (χ3v) is 5.49. The van der Waals surface area contributed by atoms with Crippen molar-refractivity contribution in [3.05, 3.63) is 114 Å². The first-order valence-corrected chi connectivity index (χ1v) is 10.7. The molecule has 0 aliphatic rings. The Morgan fingerprint density at radius 3 is 1.77 bits per heavy atom. The van der Waals surface area contributed by atoms with Crippen molar-refractivity contribution in [3.8, 4) is 5.75 Å². The van der Waals surface area contributed by atoms with E-state index in [-0.39, 0.29) is 25.0 Å². The van der Waals surface area contributed by atoms with Gasteiger partial charge in [0.1, 0.15) is 11.4 Å². The van der Waals surface area contributed by atoms with Crippen LogP contribution >= 0.6 is 0 Å². The minimum Gasteiger partial charge on any atom is -0.515 e. The fraction of sp³-hybridized carbons (Fsp3) is 0.286. The second-order valence-corrected chi connectivity index (χ2v) is 7.49. The molecule has 0 N–H and O–H groups in total. The van der Waals surface area contributed by atoms with Crippen LogP contribution in [-0.2, 0) is 10.3 Å². The van der Waals surface area contributed by atoms with Crippen LogP contribution in [0.25, 0.3) is 0 Å². The SMILES string of the molecule is [CH-]=CC(CCCCC)OC(c1ccccc1)(c1ccccc1)c1ccc(OC)cc1.[Li+]. The Labute approximate surface area is 199 Å². The van der Waals surface area contributed by atoms with Crippen LogP contribution < -0.4 is 23.6 Å². The Balaban J connectivity index is 0.00000341. The van der Waals surface area contributed by atoms with Crippen molar-refractivity contribution < 1.29 is 28.3 Å². The van der Waals surface area contributed by atoms with E-state index in [0.29, 0.717) is 0 Å². The normalized spacial score (nSPS) is 11.9. The predicted molar refractivity (Wildman–Crippen MR) is 124 cm³/mol. The molecule has 0 saturated heterocycles. The number of methoxy groups -OCH3 is 1. The summed E-state index contributed by atoms with van der Waals surface area (Å²) in [6.45, 7) is 8.28. The second kappa shape index (κ2) is 12.6. The first kappa shape index (κ1) is 25.0. The molecule has 0 spiro atoms. The molecule has 0 aliphatic carbocycles. The Kier molecular flexibility index (Phi) is 10.1. The topological polar surface area (TPSA) is 18.5 Å². The van der Waals surface area contributed by atoms with E-state index in [4.69, 9.17) is 16.1 Å². The number of rotatable bonds is 11. The maximum absolute atomic E-state index is 6.94. The second-order valence-electron chi connectivity index (χ2n) is 7.49. The third-order valence-electron chi connectivity index (χ3n) is 5.49. The number of benzene rings is 3. The van der Waals surface area contributed by atoms with Gasteiger partial charge in [0.05, 0.1) is 7.11 Å². The summed E-state index contributed by atoms with van der Waals surface area (Å²) in [5, 5.41) is 0. The van der Waals surface area contributed by atoms with Crippen LogP contribution in [0.1, 0.15) is 49.3 Å². The van der Waals surface area contributed by atoms with E-state index in [1.54, 1.807) is 13.2 Å². The van der Waals surface area contributed by atoms with Gasteiger partial charge in [0, 0.05) is 6.10 Å². The number of ether oxygens (including phenoxy) is 2. The minimum atomic E-state index is -0.776. The summed E-state index contributed by atoms with van der Waals surface area (Å²) in [4.78, 5) is 0. The van der Waals surface area contributed by atoms with Crippen molar-refractivity contribution in [2.24, 2.45) is 0 Å². The van der Waals surface area contributed by atoms with Crippen molar-refractivity contribution in [1.29, 1.82) is 0 Å². The molecule has 3 aromatic rings. The average molecular weight is 406 g/mol. The zero-order valence-electron chi connectivity index (χ0n) is 19.0. The Morgan fingerprint density at radius 2 is 1.32 bits per heavy atom. The van der Waals surface area contributed by atoms with Crippen LogP contribution in [0.4, 0.5) is 0 Å². The van der Waals surface area contributed by atoms with E-state index in [1.165, 1.54) is 6.42 Å². The van der Waals surface area contributed by atoms with Crippen LogP contribution in [-0.4, -0.2) is 13.2 Å². The first-order valence-electron chi connectivity index (χ1n) is 10.7. The van der Waals surface area contributed by atoms with Crippen LogP contribution in [0.3, 0.4) is 0 Å². The summed E-state index contributed by atoms with van der Waals surface area (Å²) in [5.41, 5.74) is 2.41. The molecule has 0 saturated carbocycles. The molecule has 0 radical (unpaired) electrons. The van der Waals surface area contributed by atoms with Crippen LogP contribution in [0.15, 0.2) is 91.0 Å². The standard InChI is InChI=1S/C28H31O2.Li/c1-4-6-9-18-26(5-2)30-28(23-14-10-7-11-15-23,24-16-12-8-13-17-24)25-19-21-27(29-3)22-20-25;/h2,5,7-8,10-17,19-22,26H,4,6,9,18H2,1,3H3;/q-1;+1. The summed E-state index contributed by atoms with van der Waals surface area (Å²) < 4.78 is 12.3. The Morgan fingerprint density at radius 1 is 0.806 bits per heavy atom. The van der Waals surface area contributed by atoms with Gasteiger partial charge in [-0.05, 0) is 35.2 Å². The van der Waals surface area contributed by atoms with E-state index >= 15 is 0 Å². The van der Waals surface area contributed by atoms with Crippen molar-refractivity contribution in [2.45, 2.75) is 44.3 Å². The van der Waals surface area contributed by atoms with Gasteiger partial charge in [-0.25, -0.2) is 6.08 Å². The quantitative estimate of drug-likeness (QED) is 0.208. The van der Waals surface area contributed by atoms with Crippen LogP contribution in [0, 0.1) is 6.58 Å². The fourth-order valence-corrected chi connectivity index (χ4v) is 3.89. The van der Waals surface area contributed by atoms with Crippen molar-refractivity contribution in [1.82, 2.24) is 0 Å². The Hall–Kier alpha value is -2.24. The van der Waals surface area contributed by atoms with E-state index in [1.807, 2.05) is 24.3 Å². The fourth-order valence-electron chi connectivity index (χ4n) is 3.89. The molecule has 3 aromatic carbocycles. The molecule has 0 aromatic heterocycles. The molecule has 0 aliphatic heterocycles. The monoisotopic (exact) mass is 406 g/mol. The first-order chi connectivity index (χ1) is 14.7. The van der Waals surface area contributed by atoms with Crippen molar-refractivity contribution >= 4 is 0 Å². The average Bonchev–Trinajstić information content (AvgIpc) is 2.83. The largest absolute Gasteiger partial charge is 1.00 e. The summed E-state index contributed by atoms with van der Waals surface area (Å²) in [6, 6.07) is 28.9. The van der Waals surface area contributed by atoms with E-state index in [2.05, 4.69) is 67.6 Å². The molecule has 31 heavy (non-hydrogen) atoms.